The Morgan fingerprint density at radius 2 is 2.39 bits per heavy atom. The predicted octanol–water partition coefficient (Wildman–Crippen LogP) is 1.32. The van der Waals surface area contributed by atoms with Crippen molar-refractivity contribution in [1.29, 1.82) is 0 Å². The van der Waals surface area contributed by atoms with Gasteiger partial charge in [-0.05, 0) is 20.8 Å². The lowest BCUT2D eigenvalue weighted by Crippen LogP contribution is -2.41. The van der Waals surface area contributed by atoms with E-state index in [9.17, 15) is 4.79 Å². The fourth-order valence-electron chi connectivity index (χ4n) is 1.82. The van der Waals surface area contributed by atoms with E-state index >= 15 is 0 Å². The van der Waals surface area contributed by atoms with E-state index in [-0.39, 0.29) is 11.9 Å². The minimum absolute atomic E-state index is 0.0289. The fraction of sp³-hybridized carbons (Fsp3) is 0.500. The van der Waals surface area contributed by atoms with E-state index in [0.29, 0.717) is 13.1 Å². The Kier molecular flexibility index (Phi) is 3.98. The van der Waals surface area contributed by atoms with Gasteiger partial charge in [-0.2, -0.15) is 0 Å². The molecule has 2 heterocycles. The van der Waals surface area contributed by atoms with Crippen LogP contribution in [-0.2, 0) is 11.3 Å². The molecule has 98 valence electrons. The van der Waals surface area contributed by atoms with Gasteiger partial charge in [-0.25, -0.2) is 4.98 Å². The summed E-state index contributed by atoms with van der Waals surface area (Å²) in [6.07, 6.45) is 2.01. The summed E-state index contributed by atoms with van der Waals surface area (Å²) < 4.78 is 2.07. The first kappa shape index (κ1) is 13.0. The summed E-state index contributed by atoms with van der Waals surface area (Å²) in [7, 11) is 0. The number of carbonyl (C=O) groups excluding carboxylic acids is 1. The van der Waals surface area contributed by atoms with E-state index in [1.807, 2.05) is 32.3 Å². The molecule has 0 fully saturated rings. The third-order valence-electron chi connectivity index (χ3n) is 2.88. The number of amides is 1. The van der Waals surface area contributed by atoms with Gasteiger partial charge in [-0.15, -0.1) is 11.3 Å². The largest absolute Gasteiger partial charge is 0.355 e. The van der Waals surface area contributed by atoms with Gasteiger partial charge >= 0.3 is 0 Å². The molecule has 1 atom stereocenters. The van der Waals surface area contributed by atoms with Crippen LogP contribution in [0.2, 0.25) is 0 Å². The van der Waals surface area contributed by atoms with Crippen molar-refractivity contribution in [2.24, 2.45) is 0 Å². The van der Waals surface area contributed by atoms with E-state index in [1.165, 1.54) is 0 Å². The highest BCUT2D eigenvalue weighted by Gasteiger charge is 2.14. The number of hydrogen-bond donors (Lipinski definition) is 2. The lowest BCUT2D eigenvalue weighted by molar-refractivity contribution is -0.122. The predicted molar refractivity (Wildman–Crippen MR) is 72.8 cm³/mol. The lowest BCUT2D eigenvalue weighted by atomic mass is 10.2. The second-order valence-electron chi connectivity index (χ2n) is 4.20. The van der Waals surface area contributed by atoms with Crippen molar-refractivity contribution in [2.45, 2.75) is 33.4 Å². The number of imidazole rings is 1. The molecular formula is C12H18N4OS. The molecule has 0 aliphatic heterocycles. The summed E-state index contributed by atoms with van der Waals surface area (Å²) in [6, 6.07) is -0.200. The van der Waals surface area contributed by atoms with Crippen LogP contribution in [0.5, 0.6) is 0 Å². The Morgan fingerprint density at radius 3 is 3.11 bits per heavy atom. The number of likely N-dealkylation sites (N-methyl/N-ethyl adjacent to an activating group) is 1. The van der Waals surface area contributed by atoms with Crippen LogP contribution in [-0.4, -0.2) is 27.9 Å². The molecule has 2 N–H and O–H groups in total. The van der Waals surface area contributed by atoms with Gasteiger partial charge in [0.2, 0.25) is 5.91 Å². The molecule has 1 unspecified atom stereocenters. The van der Waals surface area contributed by atoms with Gasteiger partial charge < -0.3 is 10.6 Å². The highest BCUT2D eigenvalue weighted by molar-refractivity contribution is 7.15. The molecular weight excluding hydrogens is 248 g/mol. The Balaban J connectivity index is 2.03. The zero-order valence-electron chi connectivity index (χ0n) is 10.9. The first-order valence-electron chi connectivity index (χ1n) is 6.05. The minimum atomic E-state index is -0.200. The number of aromatic nitrogens is 2. The average Bonchev–Trinajstić information content (AvgIpc) is 2.87. The fourth-order valence-corrected chi connectivity index (χ4v) is 2.60. The molecule has 5 nitrogen and oxygen atoms in total. The molecule has 0 radical (unpaired) electrons. The van der Waals surface area contributed by atoms with Crippen molar-refractivity contribution in [3.63, 3.8) is 0 Å². The zero-order valence-corrected chi connectivity index (χ0v) is 11.7. The summed E-state index contributed by atoms with van der Waals surface area (Å²) in [6.45, 7) is 7.08. The maximum atomic E-state index is 11.6. The molecule has 0 saturated carbocycles. The lowest BCUT2D eigenvalue weighted by Gasteiger charge is -2.13. The second kappa shape index (κ2) is 5.49. The van der Waals surface area contributed by atoms with Crippen LogP contribution in [0.15, 0.2) is 11.6 Å². The number of thiazole rings is 1. The normalized spacial score (nSPS) is 12.8. The average molecular weight is 266 g/mol. The summed E-state index contributed by atoms with van der Waals surface area (Å²) in [4.78, 5) is 17.1. The monoisotopic (exact) mass is 266 g/mol. The SMILES string of the molecule is CCNC(=O)C(C)NCc1c(C)nc2sccn12. The quantitative estimate of drug-likeness (QED) is 0.858. The molecule has 0 saturated heterocycles. The van der Waals surface area contributed by atoms with Gasteiger partial charge in [-0.3, -0.25) is 9.20 Å². The summed E-state index contributed by atoms with van der Waals surface area (Å²) >= 11 is 1.62. The number of nitrogens with zero attached hydrogens (tertiary/aromatic N) is 2. The number of hydrogen-bond acceptors (Lipinski definition) is 4. The highest BCUT2D eigenvalue weighted by Crippen LogP contribution is 2.16. The van der Waals surface area contributed by atoms with Gasteiger partial charge in [0.1, 0.15) is 0 Å². The van der Waals surface area contributed by atoms with E-state index in [2.05, 4.69) is 20.0 Å². The molecule has 0 aliphatic rings. The smallest absolute Gasteiger partial charge is 0.236 e. The topological polar surface area (TPSA) is 58.4 Å². The molecule has 0 spiro atoms. The van der Waals surface area contributed by atoms with Crippen molar-refractivity contribution in [2.75, 3.05) is 6.54 Å². The third-order valence-corrected chi connectivity index (χ3v) is 3.64. The molecule has 2 aromatic heterocycles. The van der Waals surface area contributed by atoms with Gasteiger partial charge in [-0.1, -0.05) is 0 Å². The van der Waals surface area contributed by atoms with Gasteiger partial charge in [0.15, 0.2) is 4.96 Å². The van der Waals surface area contributed by atoms with Crippen LogP contribution in [0.3, 0.4) is 0 Å². The van der Waals surface area contributed by atoms with Crippen LogP contribution in [0.1, 0.15) is 25.2 Å². The first-order valence-corrected chi connectivity index (χ1v) is 6.93. The Morgan fingerprint density at radius 1 is 1.61 bits per heavy atom. The van der Waals surface area contributed by atoms with E-state index < -0.39 is 0 Å². The van der Waals surface area contributed by atoms with Crippen LogP contribution in [0.25, 0.3) is 4.96 Å². The van der Waals surface area contributed by atoms with Gasteiger partial charge in [0.05, 0.1) is 17.4 Å². The molecule has 18 heavy (non-hydrogen) atoms. The van der Waals surface area contributed by atoms with Crippen molar-refractivity contribution >= 4 is 22.2 Å². The van der Waals surface area contributed by atoms with Crippen LogP contribution >= 0.6 is 11.3 Å². The van der Waals surface area contributed by atoms with Crippen molar-refractivity contribution in [3.8, 4) is 0 Å². The maximum Gasteiger partial charge on any atom is 0.236 e. The minimum Gasteiger partial charge on any atom is -0.355 e. The Bertz CT molecular complexity index is 545. The number of aryl methyl sites for hydroxylation is 1. The van der Waals surface area contributed by atoms with E-state index in [4.69, 9.17) is 0 Å². The van der Waals surface area contributed by atoms with E-state index in [1.54, 1.807) is 11.3 Å². The number of nitrogens with one attached hydrogen (secondary N) is 2. The molecule has 0 aliphatic carbocycles. The molecule has 6 heteroatoms. The highest BCUT2D eigenvalue weighted by atomic mass is 32.1. The third kappa shape index (κ3) is 2.54. The molecule has 2 aromatic rings. The first-order chi connectivity index (χ1) is 8.63. The van der Waals surface area contributed by atoms with Crippen LogP contribution < -0.4 is 10.6 Å². The van der Waals surface area contributed by atoms with Crippen molar-refractivity contribution < 1.29 is 4.79 Å². The van der Waals surface area contributed by atoms with Crippen LogP contribution in [0, 0.1) is 6.92 Å². The van der Waals surface area contributed by atoms with Crippen molar-refractivity contribution in [1.82, 2.24) is 20.0 Å². The summed E-state index contributed by atoms with van der Waals surface area (Å²) in [5, 5.41) is 8.04. The Labute approximate surface area is 110 Å². The Hall–Kier alpha value is -1.40. The molecule has 1 amide bonds. The molecule has 0 aromatic carbocycles. The number of fused-ring (bicyclic) bond motifs is 1. The maximum absolute atomic E-state index is 11.6. The zero-order chi connectivity index (χ0) is 13.1. The van der Waals surface area contributed by atoms with E-state index in [0.717, 1.165) is 16.3 Å². The second-order valence-corrected chi connectivity index (χ2v) is 5.07. The molecule has 2 rings (SSSR count). The summed E-state index contributed by atoms with van der Waals surface area (Å²) in [5.74, 6) is 0.0289. The summed E-state index contributed by atoms with van der Waals surface area (Å²) in [5.41, 5.74) is 2.12. The van der Waals surface area contributed by atoms with Crippen molar-refractivity contribution in [3.05, 3.63) is 23.0 Å². The van der Waals surface area contributed by atoms with Gasteiger partial charge in [0.25, 0.3) is 0 Å². The van der Waals surface area contributed by atoms with Gasteiger partial charge in [0, 0.05) is 24.7 Å². The number of rotatable bonds is 5. The molecule has 0 bridgehead atoms. The standard InChI is InChI=1S/C12H18N4OS/c1-4-13-11(17)9(3)14-7-10-8(2)15-12-16(10)5-6-18-12/h5-6,9,14H,4,7H2,1-3H3,(H,13,17). The number of carbonyl (C=O) groups is 1. The van der Waals surface area contributed by atoms with Crippen LogP contribution in [0.4, 0.5) is 0 Å².